The number of fused-ring (bicyclic) bond motifs is 2. The van der Waals surface area contributed by atoms with E-state index < -0.39 is 0 Å². The molecule has 0 fully saturated rings. The van der Waals surface area contributed by atoms with Crippen molar-refractivity contribution in [3.63, 3.8) is 0 Å². The maximum Gasteiger partial charge on any atom is 0.213 e. The van der Waals surface area contributed by atoms with Crippen molar-refractivity contribution >= 4 is 40.7 Å². The molecule has 0 radical (unpaired) electrons. The Balaban J connectivity index is 1.52. The van der Waals surface area contributed by atoms with Crippen LogP contribution >= 0.6 is 35.0 Å². The zero-order chi connectivity index (χ0) is 20.9. The molecule has 9 heteroatoms. The lowest BCUT2D eigenvalue weighted by Gasteiger charge is -2.23. The minimum absolute atomic E-state index is 0.0482. The molecule has 0 saturated carbocycles. The van der Waals surface area contributed by atoms with Gasteiger partial charge in [-0.05, 0) is 37.0 Å². The number of nitrogens with zero attached hydrogens (tertiary/aromatic N) is 5. The van der Waals surface area contributed by atoms with Crippen LogP contribution in [0.25, 0.3) is 11.5 Å². The molecule has 0 bridgehead atoms. The van der Waals surface area contributed by atoms with Gasteiger partial charge in [0.25, 0.3) is 0 Å². The molecule has 1 aliphatic carbocycles. The van der Waals surface area contributed by atoms with E-state index in [-0.39, 0.29) is 5.25 Å². The smallest absolute Gasteiger partial charge is 0.213 e. The number of thioether (sulfide) groups is 1. The lowest BCUT2D eigenvalue weighted by atomic mass is 10.0. The van der Waals surface area contributed by atoms with Crippen molar-refractivity contribution in [1.29, 1.82) is 0 Å². The molecule has 31 heavy (non-hydrogen) atoms. The van der Waals surface area contributed by atoms with Crippen LogP contribution in [-0.4, -0.2) is 30.8 Å². The summed E-state index contributed by atoms with van der Waals surface area (Å²) in [7, 11) is 0. The van der Waals surface area contributed by atoms with Crippen molar-refractivity contribution in [2.24, 2.45) is 5.10 Å². The highest BCUT2D eigenvalue weighted by Gasteiger charge is 2.32. The molecule has 1 unspecified atom stereocenters. The summed E-state index contributed by atoms with van der Waals surface area (Å²) in [5.41, 5.74) is 6.16. The third-order valence-corrected chi connectivity index (χ3v) is 7.56. The van der Waals surface area contributed by atoms with Crippen molar-refractivity contribution in [2.45, 2.75) is 29.7 Å². The highest BCUT2D eigenvalue weighted by molar-refractivity contribution is 8.00. The van der Waals surface area contributed by atoms with Crippen molar-refractivity contribution < 1.29 is 0 Å². The molecule has 2 aliphatic rings. The third-order valence-electron chi connectivity index (χ3n) is 5.63. The van der Waals surface area contributed by atoms with Crippen LogP contribution in [0, 0.1) is 0 Å². The van der Waals surface area contributed by atoms with E-state index in [1.54, 1.807) is 22.5 Å². The zero-order valence-corrected chi connectivity index (χ0v) is 18.5. The van der Waals surface area contributed by atoms with Crippen LogP contribution in [0.5, 0.6) is 0 Å². The maximum atomic E-state index is 6.34. The summed E-state index contributed by atoms with van der Waals surface area (Å²) in [4.78, 5) is 0. The van der Waals surface area contributed by atoms with Crippen molar-refractivity contribution in [2.75, 3.05) is 0 Å². The molecule has 6 nitrogen and oxygen atoms in total. The van der Waals surface area contributed by atoms with E-state index >= 15 is 0 Å². The molecule has 3 heterocycles. The summed E-state index contributed by atoms with van der Waals surface area (Å²) < 4.78 is 1.80. The number of rotatable bonds is 3. The summed E-state index contributed by atoms with van der Waals surface area (Å²) in [6, 6.07) is 15.9. The predicted molar refractivity (Wildman–Crippen MR) is 123 cm³/mol. The zero-order valence-electron chi connectivity index (χ0n) is 16.2. The second-order valence-electron chi connectivity index (χ2n) is 7.52. The van der Waals surface area contributed by atoms with Crippen molar-refractivity contribution in [1.82, 2.24) is 25.1 Å². The van der Waals surface area contributed by atoms with Crippen LogP contribution in [0.3, 0.4) is 0 Å². The molecule has 1 aliphatic heterocycles. The van der Waals surface area contributed by atoms with Gasteiger partial charge in [0.05, 0.1) is 21.0 Å². The summed E-state index contributed by atoms with van der Waals surface area (Å²) >= 11 is 14.1. The van der Waals surface area contributed by atoms with Crippen LogP contribution in [0.15, 0.2) is 58.8 Å². The molecule has 2 aromatic carbocycles. The van der Waals surface area contributed by atoms with Crippen molar-refractivity contribution in [3.05, 3.63) is 81.0 Å². The highest BCUT2D eigenvalue weighted by Crippen LogP contribution is 2.43. The number of hydrogen-bond acceptors (Lipinski definition) is 5. The number of halogens is 2. The molecule has 2 aromatic heterocycles. The van der Waals surface area contributed by atoms with Gasteiger partial charge in [0, 0.05) is 16.8 Å². The number of hydrogen-bond donors (Lipinski definition) is 1. The topological polar surface area (TPSA) is 71.8 Å². The summed E-state index contributed by atoms with van der Waals surface area (Å²) in [6.45, 7) is 0. The van der Waals surface area contributed by atoms with Crippen molar-refractivity contribution in [3.8, 4) is 11.5 Å². The van der Waals surface area contributed by atoms with Gasteiger partial charge in [-0.25, -0.2) is 0 Å². The van der Waals surface area contributed by atoms with Gasteiger partial charge in [0.15, 0.2) is 0 Å². The molecule has 4 aromatic rings. The molecule has 0 spiro atoms. The maximum absolute atomic E-state index is 6.34. The fraction of sp³-hybridized carbons (Fsp3) is 0.182. The summed E-state index contributed by atoms with van der Waals surface area (Å²) in [5, 5.41) is 23.3. The number of nitrogens with one attached hydrogen (secondary N) is 1. The fourth-order valence-corrected chi connectivity index (χ4v) is 5.53. The fourth-order valence-electron chi connectivity index (χ4n) is 4.12. The largest absolute Gasteiger partial charge is 0.282 e. The Bertz CT molecular complexity index is 1330. The number of aryl methyl sites for hydroxylation is 1. The SMILES string of the molecule is Clc1ccc(C2=Nn3c(nnc3-c3n[nH]c4c3CCC4)SC2c2ccccc2)cc1Cl. The molecule has 154 valence electrons. The van der Waals surface area contributed by atoms with Gasteiger partial charge in [0.1, 0.15) is 5.69 Å². The first-order valence-electron chi connectivity index (χ1n) is 9.97. The summed E-state index contributed by atoms with van der Waals surface area (Å²) in [6.07, 6.45) is 3.14. The molecular formula is C22H16Cl2N6S. The van der Waals surface area contributed by atoms with Gasteiger partial charge < -0.3 is 0 Å². The minimum atomic E-state index is -0.0482. The lowest BCUT2D eigenvalue weighted by molar-refractivity contribution is 0.750. The Morgan fingerprint density at radius 1 is 1.00 bits per heavy atom. The Hall–Kier alpha value is -2.61. The van der Waals surface area contributed by atoms with E-state index in [9.17, 15) is 0 Å². The second kappa shape index (κ2) is 7.51. The standard InChI is InChI=1S/C22H16Cl2N6S/c23-15-10-9-13(11-16(15)24)18-20(12-5-2-1-3-6-12)31-22-28-27-21(30(22)29-18)19-14-7-4-8-17(14)25-26-19/h1-3,5-6,9-11,20H,4,7-8H2,(H,25,26). The van der Waals surface area contributed by atoms with Gasteiger partial charge >= 0.3 is 0 Å². The Morgan fingerprint density at radius 3 is 2.71 bits per heavy atom. The van der Waals surface area contributed by atoms with E-state index in [2.05, 4.69) is 32.5 Å². The molecule has 1 N–H and O–H groups in total. The number of H-pyrrole nitrogens is 1. The third kappa shape index (κ3) is 3.19. The first-order valence-corrected chi connectivity index (χ1v) is 11.6. The average molecular weight is 467 g/mol. The number of aromatic amines is 1. The van der Waals surface area contributed by atoms with E-state index in [0.717, 1.165) is 47.0 Å². The second-order valence-corrected chi connectivity index (χ2v) is 9.41. The molecule has 0 saturated heterocycles. The van der Waals surface area contributed by atoms with E-state index in [0.29, 0.717) is 15.9 Å². The average Bonchev–Trinajstić information content (AvgIpc) is 3.51. The lowest BCUT2D eigenvalue weighted by Crippen LogP contribution is -2.18. The van der Waals surface area contributed by atoms with Gasteiger partial charge in [0.2, 0.25) is 11.0 Å². The normalized spacial score (nSPS) is 17.4. The van der Waals surface area contributed by atoms with Gasteiger partial charge in [-0.3, -0.25) is 5.10 Å². The Kier molecular flexibility index (Phi) is 4.63. The number of aromatic nitrogens is 5. The molecule has 0 amide bonds. The quantitative estimate of drug-likeness (QED) is 0.428. The van der Waals surface area contributed by atoms with Gasteiger partial charge in [-0.15, -0.1) is 10.2 Å². The van der Waals surface area contributed by atoms with Crippen LogP contribution < -0.4 is 0 Å². The minimum Gasteiger partial charge on any atom is -0.282 e. The van der Waals surface area contributed by atoms with Crippen LogP contribution in [0.2, 0.25) is 10.0 Å². The molecule has 6 rings (SSSR count). The molecule has 1 atom stereocenters. The number of benzene rings is 2. The van der Waals surface area contributed by atoms with Gasteiger partial charge in [-0.2, -0.15) is 14.9 Å². The first kappa shape index (κ1) is 19.1. The highest BCUT2D eigenvalue weighted by atomic mass is 35.5. The van der Waals surface area contributed by atoms with E-state index in [4.69, 9.17) is 28.3 Å². The van der Waals surface area contributed by atoms with E-state index in [1.165, 1.54) is 11.3 Å². The Labute approximate surface area is 192 Å². The molecular weight excluding hydrogens is 451 g/mol. The monoisotopic (exact) mass is 466 g/mol. The predicted octanol–water partition coefficient (Wildman–Crippen LogP) is 5.56. The summed E-state index contributed by atoms with van der Waals surface area (Å²) in [5.74, 6) is 0.658. The van der Waals surface area contributed by atoms with Crippen LogP contribution in [0.1, 0.15) is 34.1 Å². The first-order chi connectivity index (χ1) is 15.2. The van der Waals surface area contributed by atoms with Gasteiger partial charge in [-0.1, -0.05) is 71.4 Å². The van der Waals surface area contributed by atoms with Crippen LogP contribution in [-0.2, 0) is 12.8 Å². The Morgan fingerprint density at radius 2 is 1.87 bits per heavy atom. The van der Waals surface area contributed by atoms with E-state index in [1.807, 2.05) is 30.3 Å². The van der Waals surface area contributed by atoms with Crippen LogP contribution in [0.4, 0.5) is 0 Å².